The van der Waals surface area contributed by atoms with Crippen molar-refractivity contribution in [2.75, 3.05) is 6.54 Å². The van der Waals surface area contributed by atoms with Crippen LogP contribution in [0.1, 0.15) is 40.0 Å². The van der Waals surface area contributed by atoms with Gasteiger partial charge in [0, 0.05) is 6.54 Å². The number of piperidine rings is 1. The van der Waals surface area contributed by atoms with Crippen LogP contribution in [0.2, 0.25) is 0 Å². The van der Waals surface area contributed by atoms with E-state index in [1.165, 1.54) is 0 Å². The molecule has 0 aromatic heterocycles. The maximum Gasteiger partial charge on any atom is 0.226 e. The van der Waals surface area contributed by atoms with Crippen LogP contribution >= 0.6 is 0 Å². The summed E-state index contributed by atoms with van der Waals surface area (Å²) in [5.74, 6) is -0.336. The van der Waals surface area contributed by atoms with Gasteiger partial charge in [0.25, 0.3) is 0 Å². The number of hydrogen-bond donors (Lipinski definition) is 2. The highest BCUT2D eigenvalue weighted by Crippen LogP contribution is 2.29. The largest absolute Gasteiger partial charge is 0.388 e. The second kappa shape index (κ2) is 5.00. The minimum Gasteiger partial charge on any atom is -0.388 e. The molecule has 2 unspecified atom stereocenters. The Morgan fingerprint density at radius 1 is 1.62 bits per heavy atom. The van der Waals surface area contributed by atoms with E-state index < -0.39 is 6.10 Å². The van der Waals surface area contributed by atoms with Crippen molar-refractivity contribution in [3.63, 3.8) is 0 Å². The lowest BCUT2D eigenvalue weighted by Gasteiger charge is -2.30. The molecule has 2 atom stereocenters. The molecule has 0 spiro atoms. The Morgan fingerprint density at radius 3 is 2.75 bits per heavy atom. The van der Waals surface area contributed by atoms with E-state index in [0.29, 0.717) is 0 Å². The molecule has 1 aliphatic heterocycles. The summed E-state index contributed by atoms with van der Waals surface area (Å²) in [5.41, 5.74) is 0.873. The first kappa shape index (κ1) is 13.2. The Kier molecular flexibility index (Phi) is 4.14. The molecule has 0 aliphatic carbocycles. The highest BCUT2D eigenvalue weighted by molar-refractivity contribution is 5.80. The molecule has 92 valence electrons. The Bertz CT molecular complexity index is 278. The fourth-order valence-corrected chi connectivity index (χ4v) is 2.17. The van der Waals surface area contributed by atoms with E-state index in [1.807, 2.05) is 0 Å². The van der Waals surface area contributed by atoms with Crippen molar-refractivity contribution in [1.82, 2.24) is 5.32 Å². The molecule has 1 heterocycles. The number of aliphatic hydroxyl groups is 1. The standard InChI is InChI=1S/C13H23NO2/c1-9(8-13(2,3)4)11(15)10-6-5-7-14-12(10)16/h10-11,15H,1,5-8H2,2-4H3,(H,14,16). The van der Waals surface area contributed by atoms with Crippen LogP contribution in [0.15, 0.2) is 12.2 Å². The monoisotopic (exact) mass is 225 g/mol. The predicted molar refractivity (Wildman–Crippen MR) is 65.0 cm³/mol. The number of carbonyl (C=O) groups excluding carboxylic acids is 1. The summed E-state index contributed by atoms with van der Waals surface area (Å²) in [4.78, 5) is 11.6. The molecule has 1 aliphatic rings. The fraction of sp³-hybridized carbons (Fsp3) is 0.769. The van der Waals surface area contributed by atoms with Gasteiger partial charge in [-0.15, -0.1) is 0 Å². The van der Waals surface area contributed by atoms with E-state index in [9.17, 15) is 9.90 Å². The van der Waals surface area contributed by atoms with Crippen molar-refractivity contribution in [3.8, 4) is 0 Å². The average Bonchev–Trinajstić information content (AvgIpc) is 2.15. The van der Waals surface area contributed by atoms with Crippen molar-refractivity contribution < 1.29 is 9.90 Å². The van der Waals surface area contributed by atoms with Crippen LogP contribution in [-0.2, 0) is 4.79 Å². The van der Waals surface area contributed by atoms with Gasteiger partial charge >= 0.3 is 0 Å². The minimum atomic E-state index is -0.695. The fourth-order valence-electron chi connectivity index (χ4n) is 2.17. The smallest absolute Gasteiger partial charge is 0.226 e. The van der Waals surface area contributed by atoms with Gasteiger partial charge in [-0.1, -0.05) is 27.4 Å². The van der Waals surface area contributed by atoms with Crippen molar-refractivity contribution in [2.24, 2.45) is 11.3 Å². The van der Waals surface area contributed by atoms with Gasteiger partial charge in [0.15, 0.2) is 0 Å². The van der Waals surface area contributed by atoms with E-state index in [-0.39, 0.29) is 17.2 Å². The van der Waals surface area contributed by atoms with Gasteiger partial charge in [0.05, 0.1) is 12.0 Å². The lowest BCUT2D eigenvalue weighted by Crippen LogP contribution is -2.43. The van der Waals surface area contributed by atoms with Gasteiger partial charge < -0.3 is 10.4 Å². The number of rotatable bonds is 3. The number of carbonyl (C=O) groups is 1. The molecular weight excluding hydrogens is 202 g/mol. The molecule has 0 aromatic carbocycles. The molecule has 1 saturated heterocycles. The Hall–Kier alpha value is -0.830. The van der Waals surface area contributed by atoms with Crippen LogP contribution in [0.3, 0.4) is 0 Å². The van der Waals surface area contributed by atoms with E-state index >= 15 is 0 Å². The predicted octanol–water partition coefficient (Wildman–Crippen LogP) is 1.87. The highest BCUT2D eigenvalue weighted by Gasteiger charge is 2.31. The number of aliphatic hydroxyl groups excluding tert-OH is 1. The second-order valence-corrected chi connectivity index (χ2v) is 5.88. The topological polar surface area (TPSA) is 49.3 Å². The van der Waals surface area contributed by atoms with Crippen molar-refractivity contribution >= 4 is 5.91 Å². The summed E-state index contributed by atoms with van der Waals surface area (Å²) >= 11 is 0. The zero-order valence-electron chi connectivity index (χ0n) is 10.5. The molecule has 3 heteroatoms. The highest BCUT2D eigenvalue weighted by atomic mass is 16.3. The molecule has 2 N–H and O–H groups in total. The van der Waals surface area contributed by atoms with Crippen LogP contribution in [0.5, 0.6) is 0 Å². The number of amides is 1. The Balaban J connectivity index is 2.59. The molecule has 0 bridgehead atoms. The molecular formula is C13H23NO2. The second-order valence-electron chi connectivity index (χ2n) is 5.88. The van der Waals surface area contributed by atoms with E-state index in [0.717, 1.165) is 31.4 Å². The molecule has 16 heavy (non-hydrogen) atoms. The van der Waals surface area contributed by atoms with E-state index in [2.05, 4.69) is 32.7 Å². The van der Waals surface area contributed by atoms with Gasteiger partial charge in [-0.05, 0) is 30.3 Å². The van der Waals surface area contributed by atoms with E-state index in [4.69, 9.17) is 0 Å². The summed E-state index contributed by atoms with van der Waals surface area (Å²) < 4.78 is 0. The lowest BCUT2D eigenvalue weighted by atomic mass is 9.81. The van der Waals surface area contributed by atoms with Crippen LogP contribution < -0.4 is 5.32 Å². The normalized spacial score (nSPS) is 23.8. The Labute approximate surface area is 97.9 Å². The average molecular weight is 225 g/mol. The SMILES string of the molecule is C=C(CC(C)(C)C)C(O)C1CCCNC1=O. The van der Waals surface area contributed by atoms with Gasteiger partial charge in [-0.25, -0.2) is 0 Å². The van der Waals surface area contributed by atoms with Gasteiger partial charge in [0.1, 0.15) is 0 Å². The summed E-state index contributed by atoms with van der Waals surface area (Å²) in [5, 5.41) is 12.9. The first-order valence-electron chi connectivity index (χ1n) is 5.95. The summed E-state index contributed by atoms with van der Waals surface area (Å²) in [6.07, 6.45) is 1.75. The van der Waals surface area contributed by atoms with Crippen LogP contribution in [-0.4, -0.2) is 23.7 Å². The molecule has 0 aromatic rings. The molecule has 1 fully saturated rings. The summed E-state index contributed by atoms with van der Waals surface area (Å²) in [7, 11) is 0. The Morgan fingerprint density at radius 2 is 2.25 bits per heavy atom. The first-order chi connectivity index (χ1) is 7.31. The zero-order chi connectivity index (χ0) is 12.3. The third-order valence-electron chi connectivity index (χ3n) is 2.88. The minimum absolute atomic E-state index is 0.0335. The van der Waals surface area contributed by atoms with Crippen molar-refractivity contribution in [1.29, 1.82) is 0 Å². The quantitative estimate of drug-likeness (QED) is 0.720. The zero-order valence-corrected chi connectivity index (χ0v) is 10.5. The summed E-state index contributed by atoms with van der Waals surface area (Å²) in [6, 6.07) is 0. The van der Waals surface area contributed by atoms with Crippen LogP contribution in [0.4, 0.5) is 0 Å². The molecule has 1 amide bonds. The van der Waals surface area contributed by atoms with Gasteiger partial charge in [-0.3, -0.25) is 4.79 Å². The maximum atomic E-state index is 11.6. The van der Waals surface area contributed by atoms with Crippen LogP contribution in [0, 0.1) is 11.3 Å². The third-order valence-corrected chi connectivity index (χ3v) is 2.88. The van der Waals surface area contributed by atoms with Crippen LogP contribution in [0.25, 0.3) is 0 Å². The first-order valence-corrected chi connectivity index (χ1v) is 5.95. The summed E-state index contributed by atoms with van der Waals surface area (Å²) in [6.45, 7) is 11.0. The molecule has 0 saturated carbocycles. The molecule has 0 radical (unpaired) electrons. The van der Waals surface area contributed by atoms with Crippen molar-refractivity contribution in [3.05, 3.63) is 12.2 Å². The van der Waals surface area contributed by atoms with Gasteiger partial charge in [0.2, 0.25) is 5.91 Å². The number of nitrogens with one attached hydrogen (secondary N) is 1. The number of hydrogen-bond acceptors (Lipinski definition) is 2. The van der Waals surface area contributed by atoms with Crippen molar-refractivity contribution in [2.45, 2.75) is 46.1 Å². The lowest BCUT2D eigenvalue weighted by molar-refractivity contribution is -0.129. The van der Waals surface area contributed by atoms with E-state index in [1.54, 1.807) is 0 Å². The molecule has 3 nitrogen and oxygen atoms in total. The molecule has 1 rings (SSSR count). The third kappa shape index (κ3) is 3.63. The maximum absolute atomic E-state index is 11.6. The van der Waals surface area contributed by atoms with Gasteiger partial charge in [-0.2, -0.15) is 0 Å².